The molecule has 0 aliphatic carbocycles. The summed E-state index contributed by atoms with van der Waals surface area (Å²) in [4.78, 5) is 5.19. The Hall–Kier alpha value is -2.77. The smallest absolute Gasteiger partial charge is 0.197 e. The highest BCUT2D eigenvalue weighted by Gasteiger charge is 2.22. The number of aryl methyl sites for hydroxylation is 1. The van der Waals surface area contributed by atoms with Gasteiger partial charge in [-0.15, -0.1) is 11.3 Å². The Kier molecular flexibility index (Phi) is 3.97. The number of nitrogens with two attached hydrogens (primary N) is 2. The fraction of sp³-hybridized carbons (Fsp3) is 0.0556. The fourth-order valence-corrected chi connectivity index (χ4v) is 3.92. The van der Waals surface area contributed by atoms with Crippen LogP contribution in [-0.4, -0.2) is 9.38 Å². The Labute approximate surface area is 158 Å². The van der Waals surface area contributed by atoms with E-state index in [1.165, 1.54) is 17.4 Å². The lowest BCUT2D eigenvalue weighted by molar-refractivity contribution is 0.631. The summed E-state index contributed by atoms with van der Waals surface area (Å²) in [5, 5.41) is 5.61. The molecule has 8 heteroatoms. The number of hydrogen-bond acceptors (Lipinski definition) is 5. The maximum absolute atomic E-state index is 14.5. The van der Waals surface area contributed by atoms with Crippen molar-refractivity contribution < 1.29 is 4.39 Å². The number of hydrogen-bond donors (Lipinski definition) is 3. The molecule has 0 spiro atoms. The van der Waals surface area contributed by atoms with E-state index < -0.39 is 5.82 Å². The number of halogens is 2. The normalized spacial score (nSPS) is 11.2. The van der Waals surface area contributed by atoms with Crippen molar-refractivity contribution in [3.8, 4) is 11.3 Å². The summed E-state index contributed by atoms with van der Waals surface area (Å²) < 4.78 is 16.3. The van der Waals surface area contributed by atoms with Crippen molar-refractivity contribution in [2.75, 3.05) is 16.8 Å². The predicted octanol–water partition coefficient (Wildman–Crippen LogP) is 5.07. The summed E-state index contributed by atoms with van der Waals surface area (Å²) in [6, 6.07) is 10.1. The third-order valence-corrected chi connectivity index (χ3v) is 5.30. The zero-order chi connectivity index (χ0) is 18.4. The minimum Gasteiger partial charge on any atom is -0.398 e. The highest BCUT2D eigenvalue weighted by atomic mass is 35.5. The minimum atomic E-state index is -0.451. The van der Waals surface area contributed by atoms with Crippen LogP contribution >= 0.6 is 22.9 Å². The average Bonchev–Trinajstić information content (AvgIpc) is 3.12. The molecule has 26 heavy (non-hydrogen) atoms. The van der Waals surface area contributed by atoms with Gasteiger partial charge in [0.25, 0.3) is 0 Å². The van der Waals surface area contributed by atoms with Crippen LogP contribution in [0.2, 0.25) is 5.02 Å². The fourth-order valence-electron chi connectivity index (χ4n) is 2.87. The van der Waals surface area contributed by atoms with Crippen molar-refractivity contribution in [3.05, 3.63) is 58.2 Å². The van der Waals surface area contributed by atoms with Crippen LogP contribution in [0.4, 0.5) is 27.4 Å². The van der Waals surface area contributed by atoms with E-state index >= 15 is 0 Å². The van der Waals surface area contributed by atoms with E-state index in [1.807, 2.05) is 19.1 Å². The maximum atomic E-state index is 14.5. The topological polar surface area (TPSA) is 81.4 Å². The van der Waals surface area contributed by atoms with Crippen molar-refractivity contribution >= 4 is 50.9 Å². The summed E-state index contributed by atoms with van der Waals surface area (Å²) in [7, 11) is 0. The Balaban J connectivity index is 2.00. The molecule has 0 saturated heterocycles. The number of rotatable bonds is 3. The van der Waals surface area contributed by atoms with Crippen molar-refractivity contribution in [1.82, 2.24) is 9.38 Å². The van der Waals surface area contributed by atoms with Gasteiger partial charge < -0.3 is 16.8 Å². The predicted molar refractivity (Wildman–Crippen MR) is 107 cm³/mol. The average molecular weight is 388 g/mol. The van der Waals surface area contributed by atoms with Gasteiger partial charge in [0.2, 0.25) is 0 Å². The molecule has 0 atom stereocenters. The van der Waals surface area contributed by atoms with Crippen LogP contribution in [0.5, 0.6) is 0 Å². The highest BCUT2D eigenvalue weighted by molar-refractivity contribution is 7.15. The molecular weight excluding hydrogens is 373 g/mol. The molecule has 132 valence electrons. The molecule has 2 aromatic heterocycles. The third kappa shape index (κ3) is 2.56. The Morgan fingerprint density at radius 1 is 1.19 bits per heavy atom. The van der Waals surface area contributed by atoms with Gasteiger partial charge in [-0.05, 0) is 30.7 Å². The number of para-hydroxylation sites is 1. The standard InChI is InChI=1S/C18H15ClFN5S/c1-9-4-2-5-10(19)15(9)23-17-16(14-11(20)6-3-7-12(14)21)24-18-25(17)13(22)8-26-18/h2-8,23H,21-22H2,1H3. The van der Waals surface area contributed by atoms with Gasteiger partial charge in [0, 0.05) is 11.1 Å². The van der Waals surface area contributed by atoms with Crippen LogP contribution in [0.1, 0.15) is 5.56 Å². The van der Waals surface area contributed by atoms with Gasteiger partial charge in [0.05, 0.1) is 16.3 Å². The molecule has 0 saturated carbocycles. The van der Waals surface area contributed by atoms with Crippen molar-refractivity contribution in [3.63, 3.8) is 0 Å². The zero-order valence-electron chi connectivity index (χ0n) is 13.8. The van der Waals surface area contributed by atoms with Crippen molar-refractivity contribution in [2.24, 2.45) is 0 Å². The van der Waals surface area contributed by atoms with Crippen LogP contribution in [0.25, 0.3) is 16.2 Å². The van der Waals surface area contributed by atoms with Gasteiger partial charge in [-0.25, -0.2) is 9.37 Å². The highest BCUT2D eigenvalue weighted by Crippen LogP contribution is 2.40. The molecule has 0 amide bonds. The van der Waals surface area contributed by atoms with Gasteiger partial charge in [-0.3, -0.25) is 4.40 Å². The van der Waals surface area contributed by atoms with Crippen LogP contribution in [0.3, 0.4) is 0 Å². The summed E-state index contributed by atoms with van der Waals surface area (Å²) in [5.41, 5.74) is 14.7. The number of fused-ring (bicyclic) bond motifs is 1. The first-order valence-corrected chi connectivity index (χ1v) is 9.05. The molecule has 2 heterocycles. The van der Waals surface area contributed by atoms with Crippen molar-refractivity contribution in [2.45, 2.75) is 6.92 Å². The number of nitrogens with zero attached hydrogens (tertiary/aromatic N) is 2. The van der Waals surface area contributed by atoms with E-state index in [4.69, 9.17) is 23.1 Å². The maximum Gasteiger partial charge on any atom is 0.197 e. The van der Waals surface area contributed by atoms with Gasteiger partial charge >= 0.3 is 0 Å². The molecule has 0 unspecified atom stereocenters. The lowest BCUT2D eigenvalue weighted by Gasteiger charge is -2.14. The van der Waals surface area contributed by atoms with E-state index in [1.54, 1.807) is 28.0 Å². The second kappa shape index (κ2) is 6.19. The largest absolute Gasteiger partial charge is 0.398 e. The lowest BCUT2D eigenvalue weighted by atomic mass is 10.1. The van der Waals surface area contributed by atoms with Crippen LogP contribution in [0, 0.1) is 12.7 Å². The second-order valence-corrected chi connectivity index (χ2v) is 7.09. The van der Waals surface area contributed by atoms with E-state index in [-0.39, 0.29) is 5.56 Å². The minimum absolute atomic E-state index is 0.231. The monoisotopic (exact) mass is 387 g/mol. The van der Waals surface area contributed by atoms with Crippen molar-refractivity contribution in [1.29, 1.82) is 0 Å². The number of thiazole rings is 1. The molecule has 4 rings (SSSR count). The lowest BCUT2D eigenvalue weighted by Crippen LogP contribution is -2.03. The summed E-state index contributed by atoms with van der Waals surface area (Å²) in [6.45, 7) is 1.93. The van der Waals surface area contributed by atoms with Gasteiger partial charge in [0.15, 0.2) is 4.96 Å². The van der Waals surface area contributed by atoms with E-state index in [9.17, 15) is 4.39 Å². The molecule has 4 aromatic rings. The zero-order valence-corrected chi connectivity index (χ0v) is 15.3. The molecule has 2 aromatic carbocycles. The molecule has 5 nitrogen and oxygen atoms in total. The van der Waals surface area contributed by atoms with E-state index in [0.29, 0.717) is 38.7 Å². The van der Waals surface area contributed by atoms with Crippen LogP contribution in [0.15, 0.2) is 41.8 Å². The van der Waals surface area contributed by atoms with Gasteiger partial charge in [0.1, 0.15) is 23.1 Å². The molecular formula is C18H15ClFN5S. The second-order valence-electron chi connectivity index (χ2n) is 5.85. The first kappa shape index (κ1) is 16.7. The number of nitrogens with one attached hydrogen (secondary N) is 1. The number of benzene rings is 2. The Morgan fingerprint density at radius 2 is 1.96 bits per heavy atom. The Morgan fingerprint density at radius 3 is 2.69 bits per heavy atom. The molecule has 0 aliphatic heterocycles. The molecule has 0 fully saturated rings. The van der Waals surface area contributed by atoms with E-state index in [2.05, 4.69) is 10.3 Å². The number of aromatic nitrogens is 2. The van der Waals surface area contributed by atoms with E-state index in [0.717, 1.165) is 5.56 Å². The van der Waals surface area contributed by atoms with Gasteiger partial charge in [-0.1, -0.05) is 29.8 Å². The van der Waals surface area contributed by atoms with Crippen LogP contribution < -0.4 is 16.8 Å². The van der Waals surface area contributed by atoms with Crippen LogP contribution in [-0.2, 0) is 0 Å². The molecule has 5 N–H and O–H groups in total. The third-order valence-electron chi connectivity index (χ3n) is 4.14. The molecule has 0 radical (unpaired) electrons. The molecule has 0 aliphatic rings. The summed E-state index contributed by atoms with van der Waals surface area (Å²) in [6.07, 6.45) is 0. The first-order valence-electron chi connectivity index (χ1n) is 7.79. The quantitative estimate of drug-likeness (QED) is 0.428. The SMILES string of the molecule is Cc1cccc(Cl)c1Nc1c(-c2c(N)cccc2F)nc2scc(N)n12. The summed E-state index contributed by atoms with van der Waals surface area (Å²) >= 11 is 7.72. The van der Waals surface area contributed by atoms with Gasteiger partial charge in [-0.2, -0.15) is 0 Å². The number of anilines is 4. The number of nitrogen functional groups attached to an aromatic ring is 2. The summed E-state index contributed by atoms with van der Waals surface area (Å²) in [5.74, 6) is 0.561. The first-order chi connectivity index (χ1) is 12.5. The molecule has 0 bridgehead atoms. The number of imidazole rings is 1. The Bertz CT molecular complexity index is 1090.